The molecule has 0 amide bonds. The van der Waals surface area contributed by atoms with Gasteiger partial charge >= 0.3 is 0 Å². The average Bonchev–Trinajstić information content (AvgIpc) is 3.06. The lowest BCUT2D eigenvalue weighted by Gasteiger charge is -2.34. The third kappa shape index (κ3) is 3.27. The Labute approximate surface area is 147 Å². The van der Waals surface area contributed by atoms with Crippen LogP contribution in [0.15, 0.2) is 71.2 Å². The lowest BCUT2D eigenvalue weighted by Crippen LogP contribution is -2.25. The number of hydrogen-bond donors (Lipinski definition) is 0. The van der Waals surface area contributed by atoms with Crippen LogP contribution in [0, 0.1) is 16.7 Å². The standard InChI is InChI=1S/C23H31F/c1-8-12-23(15-22(23,6)7)19-13-17(4)14-20(24)21(19)18(5)11-10-16(3)9-2/h8-12,14,19H,5,13,15H2,1-4,6-7H3/b11-10-,12-8?,16-9-. The van der Waals surface area contributed by atoms with Crippen molar-refractivity contribution in [2.24, 2.45) is 16.7 Å². The molecule has 0 bridgehead atoms. The van der Waals surface area contributed by atoms with Crippen LogP contribution in [-0.4, -0.2) is 0 Å². The van der Waals surface area contributed by atoms with Crippen molar-refractivity contribution < 1.29 is 4.39 Å². The Morgan fingerprint density at radius 2 is 1.92 bits per heavy atom. The van der Waals surface area contributed by atoms with Gasteiger partial charge in [0.05, 0.1) is 0 Å². The molecular formula is C23H31F. The van der Waals surface area contributed by atoms with Crippen LogP contribution < -0.4 is 0 Å². The predicted molar refractivity (Wildman–Crippen MR) is 103 cm³/mol. The molecule has 2 aliphatic carbocycles. The van der Waals surface area contributed by atoms with Gasteiger partial charge in [0, 0.05) is 11.3 Å². The number of hydrogen-bond acceptors (Lipinski definition) is 0. The van der Waals surface area contributed by atoms with E-state index in [4.69, 9.17) is 0 Å². The van der Waals surface area contributed by atoms with E-state index in [1.165, 1.54) is 0 Å². The first-order chi connectivity index (χ1) is 11.2. The maximum absolute atomic E-state index is 14.9. The molecule has 0 N–H and O–H groups in total. The highest BCUT2D eigenvalue weighted by Gasteiger charge is 2.64. The van der Waals surface area contributed by atoms with Crippen LogP contribution in [-0.2, 0) is 0 Å². The second kappa shape index (κ2) is 6.70. The van der Waals surface area contributed by atoms with Crippen LogP contribution in [0.25, 0.3) is 0 Å². The summed E-state index contributed by atoms with van der Waals surface area (Å²) >= 11 is 0. The van der Waals surface area contributed by atoms with Crippen LogP contribution in [0.2, 0.25) is 0 Å². The maximum atomic E-state index is 14.9. The van der Waals surface area contributed by atoms with Crippen LogP contribution in [0.5, 0.6) is 0 Å². The number of halogens is 1. The Morgan fingerprint density at radius 3 is 2.42 bits per heavy atom. The lowest BCUT2D eigenvalue weighted by molar-refractivity contribution is 0.336. The molecule has 1 saturated carbocycles. The van der Waals surface area contributed by atoms with Crippen molar-refractivity contribution in [2.75, 3.05) is 0 Å². The molecule has 130 valence electrons. The summed E-state index contributed by atoms with van der Waals surface area (Å²) in [5.74, 6) is 0.0554. The normalized spacial score (nSPS) is 30.2. The highest BCUT2D eigenvalue weighted by molar-refractivity contribution is 5.51. The largest absolute Gasteiger partial charge is 0.207 e. The summed E-state index contributed by atoms with van der Waals surface area (Å²) in [5, 5.41) is 0. The zero-order chi connectivity index (χ0) is 18.1. The molecule has 0 aliphatic heterocycles. The highest BCUT2D eigenvalue weighted by Crippen LogP contribution is 2.71. The third-order valence-electron chi connectivity index (χ3n) is 5.81. The van der Waals surface area contributed by atoms with Crippen LogP contribution in [0.1, 0.15) is 54.4 Å². The first kappa shape index (κ1) is 18.7. The molecule has 0 spiro atoms. The molecule has 0 saturated heterocycles. The highest BCUT2D eigenvalue weighted by atomic mass is 19.1. The molecule has 1 heteroatoms. The fraction of sp³-hybridized carbons (Fsp3) is 0.478. The molecule has 0 aromatic carbocycles. The molecule has 24 heavy (non-hydrogen) atoms. The molecule has 2 aliphatic rings. The second-order valence-electron chi connectivity index (χ2n) is 8.00. The van der Waals surface area contributed by atoms with Gasteiger partial charge in [0.15, 0.2) is 0 Å². The predicted octanol–water partition coefficient (Wildman–Crippen LogP) is 7.25. The third-order valence-corrected chi connectivity index (χ3v) is 5.81. The van der Waals surface area contributed by atoms with Gasteiger partial charge in [0.2, 0.25) is 0 Å². The first-order valence-corrected chi connectivity index (χ1v) is 8.89. The van der Waals surface area contributed by atoms with Crippen molar-refractivity contribution in [3.63, 3.8) is 0 Å². The Hall–Kier alpha value is -1.63. The number of rotatable bonds is 5. The summed E-state index contributed by atoms with van der Waals surface area (Å²) in [7, 11) is 0. The van der Waals surface area contributed by atoms with Crippen LogP contribution in [0.3, 0.4) is 0 Å². The average molecular weight is 326 g/mol. The van der Waals surface area contributed by atoms with Crippen molar-refractivity contribution >= 4 is 0 Å². The Kier molecular flexibility index (Phi) is 5.22. The van der Waals surface area contributed by atoms with Crippen molar-refractivity contribution in [1.82, 2.24) is 0 Å². The fourth-order valence-electron chi connectivity index (χ4n) is 4.16. The summed E-state index contributed by atoms with van der Waals surface area (Å²) < 4.78 is 14.9. The van der Waals surface area contributed by atoms with Crippen LogP contribution >= 0.6 is 0 Å². The molecule has 2 atom stereocenters. The van der Waals surface area contributed by atoms with E-state index in [9.17, 15) is 4.39 Å². The van der Waals surface area contributed by atoms with E-state index in [-0.39, 0.29) is 22.6 Å². The van der Waals surface area contributed by atoms with Gasteiger partial charge in [-0.1, -0.05) is 62.0 Å². The van der Waals surface area contributed by atoms with Crippen LogP contribution in [0.4, 0.5) is 4.39 Å². The van der Waals surface area contributed by atoms with Gasteiger partial charge in [0.1, 0.15) is 5.83 Å². The zero-order valence-electron chi connectivity index (χ0n) is 16.0. The van der Waals surface area contributed by atoms with E-state index in [0.717, 1.165) is 35.1 Å². The minimum atomic E-state index is -0.108. The van der Waals surface area contributed by atoms with E-state index in [2.05, 4.69) is 39.5 Å². The number of allylic oxidation sites excluding steroid dienone is 11. The smallest absolute Gasteiger partial charge is 0.127 e. The summed E-state index contributed by atoms with van der Waals surface area (Å²) in [5.41, 5.74) is 4.12. The molecule has 2 rings (SSSR count). The second-order valence-corrected chi connectivity index (χ2v) is 8.00. The minimum absolute atomic E-state index is 0.0381. The van der Waals surface area contributed by atoms with Crippen molar-refractivity contribution in [3.8, 4) is 0 Å². The van der Waals surface area contributed by atoms with Gasteiger partial charge in [-0.25, -0.2) is 4.39 Å². The molecule has 0 nitrogen and oxygen atoms in total. The SMILES string of the molecule is C=C(/C=C\C(C)=C/C)C1=C(F)C=C(C)CC1C1(C=CC)CC1(C)C. The molecule has 0 aromatic heterocycles. The lowest BCUT2D eigenvalue weighted by atomic mass is 9.70. The molecule has 0 aromatic rings. The molecule has 0 heterocycles. The summed E-state index contributed by atoms with van der Waals surface area (Å²) in [6.07, 6.45) is 14.2. The molecular weight excluding hydrogens is 295 g/mol. The first-order valence-electron chi connectivity index (χ1n) is 8.89. The van der Waals surface area contributed by atoms with Crippen molar-refractivity contribution in [1.29, 1.82) is 0 Å². The zero-order valence-corrected chi connectivity index (χ0v) is 16.0. The van der Waals surface area contributed by atoms with E-state index < -0.39 is 0 Å². The maximum Gasteiger partial charge on any atom is 0.127 e. The topological polar surface area (TPSA) is 0 Å². The summed E-state index contributed by atoms with van der Waals surface area (Å²) in [6.45, 7) is 16.9. The Bertz CT molecular complexity index is 679. The summed E-state index contributed by atoms with van der Waals surface area (Å²) in [4.78, 5) is 0. The molecule has 2 unspecified atom stereocenters. The minimum Gasteiger partial charge on any atom is -0.207 e. The van der Waals surface area contributed by atoms with Gasteiger partial charge in [0.25, 0.3) is 0 Å². The van der Waals surface area contributed by atoms with Gasteiger partial charge in [-0.05, 0) is 63.2 Å². The van der Waals surface area contributed by atoms with Gasteiger partial charge in [-0.15, -0.1) is 0 Å². The quantitative estimate of drug-likeness (QED) is 0.369. The molecule has 1 fully saturated rings. The van der Waals surface area contributed by atoms with Crippen molar-refractivity contribution in [3.05, 3.63) is 71.2 Å². The van der Waals surface area contributed by atoms with E-state index in [1.54, 1.807) is 6.08 Å². The Balaban J connectivity index is 2.46. The monoisotopic (exact) mass is 326 g/mol. The van der Waals surface area contributed by atoms with Gasteiger partial charge in [-0.2, -0.15) is 0 Å². The van der Waals surface area contributed by atoms with Gasteiger partial charge < -0.3 is 0 Å². The van der Waals surface area contributed by atoms with E-state index >= 15 is 0 Å². The molecule has 0 radical (unpaired) electrons. The van der Waals surface area contributed by atoms with E-state index in [1.807, 2.05) is 39.0 Å². The summed E-state index contributed by atoms with van der Waals surface area (Å²) in [6, 6.07) is 0. The van der Waals surface area contributed by atoms with Crippen molar-refractivity contribution in [2.45, 2.75) is 54.4 Å². The van der Waals surface area contributed by atoms with Gasteiger partial charge in [-0.3, -0.25) is 0 Å². The van der Waals surface area contributed by atoms with E-state index in [0.29, 0.717) is 0 Å². The fourth-order valence-corrected chi connectivity index (χ4v) is 4.16. The Morgan fingerprint density at radius 1 is 1.29 bits per heavy atom.